The minimum Gasteiger partial charge on any atom is -0.380 e. The highest BCUT2D eigenvalue weighted by Gasteiger charge is 2.21. The van der Waals surface area contributed by atoms with Gasteiger partial charge in [0, 0.05) is 28.2 Å². The molecule has 0 aliphatic carbocycles. The summed E-state index contributed by atoms with van der Waals surface area (Å²) in [7, 11) is 1.47. The molecule has 19 heavy (non-hydrogen) atoms. The van der Waals surface area contributed by atoms with Crippen LogP contribution in [-0.4, -0.2) is 33.6 Å². The van der Waals surface area contributed by atoms with Crippen LogP contribution in [0, 0.1) is 6.92 Å². The van der Waals surface area contributed by atoms with Crippen molar-refractivity contribution in [1.82, 2.24) is 5.32 Å². The van der Waals surface area contributed by atoms with Gasteiger partial charge in [-0.2, -0.15) is 0 Å². The standard InChI is InChI=1S/C11H16ClNO4S2/c1-4-17-6-7(2)13-11(14)9-5-10(8(3)18-9)19(12,15)16/h5,7H,4,6H2,1-3H3,(H,13,14). The number of ether oxygens (including phenoxy) is 1. The van der Waals surface area contributed by atoms with E-state index in [0.29, 0.717) is 23.0 Å². The van der Waals surface area contributed by atoms with Gasteiger partial charge in [-0.3, -0.25) is 4.79 Å². The van der Waals surface area contributed by atoms with Crippen molar-refractivity contribution in [2.24, 2.45) is 0 Å². The van der Waals surface area contributed by atoms with E-state index in [1.807, 2.05) is 13.8 Å². The molecule has 0 bridgehead atoms. The Hall–Kier alpha value is -0.630. The van der Waals surface area contributed by atoms with Crippen molar-refractivity contribution in [3.05, 3.63) is 15.8 Å². The third kappa shape index (κ3) is 4.76. The van der Waals surface area contributed by atoms with Gasteiger partial charge in [-0.05, 0) is 26.8 Å². The quantitative estimate of drug-likeness (QED) is 0.813. The Bertz CT molecular complexity index is 553. The van der Waals surface area contributed by atoms with E-state index in [9.17, 15) is 13.2 Å². The molecule has 108 valence electrons. The number of rotatable bonds is 6. The van der Waals surface area contributed by atoms with Gasteiger partial charge in [0.1, 0.15) is 0 Å². The lowest BCUT2D eigenvalue weighted by molar-refractivity contribution is 0.0875. The summed E-state index contributed by atoms with van der Waals surface area (Å²) >= 11 is 1.10. The first kappa shape index (κ1) is 16.4. The molecule has 1 N–H and O–H groups in total. The van der Waals surface area contributed by atoms with Gasteiger partial charge in [0.2, 0.25) is 0 Å². The van der Waals surface area contributed by atoms with Crippen molar-refractivity contribution < 1.29 is 17.9 Å². The van der Waals surface area contributed by atoms with E-state index < -0.39 is 9.05 Å². The van der Waals surface area contributed by atoms with Crippen molar-refractivity contribution in [3.8, 4) is 0 Å². The summed E-state index contributed by atoms with van der Waals surface area (Å²) in [5.74, 6) is -0.327. The molecule has 0 radical (unpaired) electrons. The van der Waals surface area contributed by atoms with E-state index in [1.165, 1.54) is 6.07 Å². The van der Waals surface area contributed by atoms with Crippen LogP contribution >= 0.6 is 22.0 Å². The fourth-order valence-electron chi connectivity index (χ4n) is 1.45. The Morgan fingerprint density at radius 2 is 2.21 bits per heavy atom. The lowest BCUT2D eigenvalue weighted by atomic mass is 10.3. The van der Waals surface area contributed by atoms with Gasteiger partial charge in [0.05, 0.1) is 16.4 Å². The average molecular weight is 326 g/mol. The molecule has 8 heteroatoms. The maximum Gasteiger partial charge on any atom is 0.262 e. The lowest BCUT2D eigenvalue weighted by Gasteiger charge is -2.12. The Kier molecular flexibility index (Phi) is 5.79. The number of hydrogen-bond acceptors (Lipinski definition) is 5. The maximum atomic E-state index is 11.9. The average Bonchev–Trinajstić information content (AvgIpc) is 2.68. The Morgan fingerprint density at radius 1 is 1.58 bits per heavy atom. The van der Waals surface area contributed by atoms with E-state index in [4.69, 9.17) is 15.4 Å². The second-order valence-electron chi connectivity index (χ2n) is 4.00. The van der Waals surface area contributed by atoms with Gasteiger partial charge >= 0.3 is 0 Å². The number of halogens is 1. The number of amides is 1. The van der Waals surface area contributed by atoms with Gasteiger partial charge in [0.15, 0.2) is 0 Å². The fraction of sp³-hybridized carbons (Fsp3) is 0.545. The highest BCUT2D eigenvalue weighted by molar-refractivity contribution is 8.13. The zero-order valence-corrected chi connectivity index (χ0v) is 13.3. The fourth-order valence-corrected chi connectivity index (χ4v) is 4.02. The molecule has 0 spiro atoms. The largest absolute Gasteiger partial charge is 0.380 e. The van der Waals surface area contributed by atoms with Gasteiger partial charge in [-0.15, -0.1) is 11.3 Å². The molecule has 0 saturated carbocycles. The summed E-state index contributed by atoms with van der Waals surface area (Å²) in [4.78, 5) is 12.7. The van der Waals surface area contributed by atoms with E-state index in [-0.39, 0.29) is 16.8 Å². The number of nitrogens with one attached hydrogen (secondary N) is 1. The topological polar surface area (TPSA) is 72.5 Å². The van der Waals surface area contributed by atoms with Crippen LogP contribution in [0.3, 0.4) is 0 Å². The monoisotopic (exact) mass is 325 g/mol. The van der Waals surface area contributed by atoms with Crippen LogP contribution < -0.4 is 5.32 Å². The Labute approximate surface area is 121 Å². The SMILES string of the molecule is CCOCC(C)NC(=O)c1cc(S(=O)(=O)Cl)c(C)s1. The van der Waals surface area contributed by atoms with Crippen LogP contribution in [0.4, 0.5) is 0 Å². The smallest absolute Gasteiger partial charge is 0.262 e. The number of carbonyl (C=O) groups is 1. The van der Waals surface area contributed by atoms with Gasteiger partial charge in [0.25, 0.3) is 15.0 Å². The zero-order valence-electron chi connectivity index (χ0n) is 10.9. The minimum atomic E-state index is -3.81. The lowest BCUT2D eigenvalue weighted by Crippen LogP contribution is -2.35. The molecule has 0 aliphatic rings. The second-order valence-corrected chi connectivity index (χ2v) is 7.79. The van der Waals surface area contributed by atoms with Gasteiger partial charge < -0.3 is 10.1 Å². The summed E-state index contributed by atoms with van der Waals surface area (Å²) in [5.41, 5.74) is 0. The van der Waals surface area contributed by atoms with Crippen LogP contribution in [0.25, 0.3) is 0 Å². The molecular formula is C11H16ClNO4S2. The first-order valence-corrected chi connectivity index (χ1v) is 8.82. The van der Waals surface area contributed by atoms with Gasteiger partial charge in [-0.1, -0.05) is 0 Å². The van der Waals surface area contributed by atoms with Crippen molar-refractivity contribution >= 4 is 37.0 Å². The number of carbonyl (C=O) groups excluding carboxylic acids is 1. The van der Waals surface area contributed by atoms with Crippen LogP contribution in [-0.2, 0) is 13.8 Å². The molecule has 0 aliphatic heterocycles. The van der Waals surface area contributed by atoms with Crippen molar-refractivity contribution in [2.75, 3.05) is 13.2 Å². The molecule has 1 heterocycles. The molecule has 1 rings (SSSR count). The summed E-state index contributed by atoms with van der Waals surface area (Å²) in [6.07, 6.45) is 0. The van der Waals surface area contributed by atoms with E-state index in [0.717, 1.165) is 11.3 Å². The molecule has 1 atom stereocenters. The zero-order chi connectivity index (χ0) is 14.6. The normalized spacial score (nSPS) is 13.3. The van der Waals surface area contributed by atoms with Crippen molar-refractivity contribution in [1.29, 1.82) is 0 Å². The number of aryl methyl sites for hydroxylation is 1. The van der Waals surface area contributed by atoms with Crippen LogP contribution in [0.15, 0.2) is 11.0 Å². The first-order chi connectivity index (χ1) is 8.75. The highest BCUT2D eigenvalue weighted by Crippen LogP contribution is 2.28. The summed E-state index contributed by atoms with van der Waals surface area (Å²) in [5, 5.41) is 2.73. The molecule has 1 aromatic rings. The Balaban J connectivity index is 2.79. The Morgan fingerprint density at radius 3 is 2.68 bits per heavy atom. The molecule has 0 aromatic carbocycles. The summed E-state index contributed by atoms with van der Waals surface area (Å²) in [6, 6.07) is 1.15. The maximum absolute atomic E-state index is 11.9. The predicted octanol–water partition coefficient (Wildman–Crippen LogP) is 2.14. The van der Waals surface area contributed by atoms with E-state index in [2.05, 4.69) is 5.32 Å². The molecule has 0 saturated heterocycles. The summed E-state index contributed by atoms with van der Waals surface area (Å²) < 4.78 is 27.7. The summed E-state index contributed by atoms with van der Waals surface area (Å²) in [6.45, 7) is 6.28. The number of thiophene rings is 1. The molecule has 1 aromatic heterocycles. The highest BCUT2D eigenvalue weighted by atomic mass is 35.7. The predicted molar refractivity (Wildman–Crippen MR) is 75.5 cm³/mol. The third-order valence-electron chi connectivity index (χ3n) is 2.31. The van der Waals surface area contributed by atoms with E-state index in [1.54, 1.807) is 6.92 Å². The molecule has 5 nitrogen and oxygen atoms in total. The van der Waals surface area contributed by atoms with Gasteiger partial charge in [-0.25, -0.2) is 8.42 Å². The molecule has 1 unspecified atom stereocenters. The molecule has 1 amide bonds. The van der Waals surface area contributed by atoms with Crippen LogP contribution in [0.1, 0.15) is 28.4 Å². The first-order valence-electron chi connectivity index (χ1n) is 5.69. The van der Waals surface area contributed by atoms with Crippen molar-refractivity contribution in [3.63, 3.8) is 0 Å². The number of hydrogen-bond donors (Lipinski definition) is 1. The van der Waals surface area contributed by atoms with Crippen molar-refractivity contribution in [2.45, 2.75) is 31.7 Å². The minimum absolute atomic E-state index is 0.0122. The molecular weight excluding hydrogens is 310 g/mol. The van der Waals surface area contributed by atoms with Crippen LogP contribution in [0.5, 0.6) is 0 Å². The van der Waals surface area contributed by atoms with Crippen LogP contribution in [0.2, 0.25) is 0 Å². The second kappa shape index (κ2) is 6.69. The molecule has 0 fully saturated rings. The van der Waals surface area contributed by atoms with E-state index >= 15 is 0 Å². The third-order valence-corrected chi connectivity index (χ3v) is 4.93.